The number of carbonyl (C=O) groups excluding carboxylic acids is 1. The Kier molecular flexibility index (Phi) is 7.46. The first kappa shape index (κ1) is 21.2. The van der Waals surface area contributed by atoms with Crippen molar-refractivity contribution in [2.45, 2.75) is 50.6 Å². The van der Waals surface area contributed by atoms with E-state index in [0.717, 1.165) is 32.5 Å². The molecule has 2 N–H and O–H groups in total. The van der Waals surface area contributed by atoms with Crippen LogP contribution >= 0.6 is 11.6 Å². The van der Waals surface area contributed by atoms with E-state index in [4.69, 9.17) is 11.6 Å². The Labute approximate surface area is 161 Å². The van der Waals surface area contributed by atoms with Crippen molar-refractivity contribution in [1.82, 2.24) is 14.9 Å². The molecule has 146 valence electrons. The van der Waals surface area contributed by atoms with E-state index >= 15 is 0 Å². The Balaban J connectivity index is 2.03. The summed E-state index contributed by atoms with van der Waals surface area (Å²) in [6.45, 7) is 8.69. The highest BCUT2D eigenvalue weighted by atomic mass is 35.5. The van der Waals surface area contributed by atoms with Crippen molar-refractivity contribution in [3.05, 3.63) is 29.3 Å². The van der Waals surface area contributed by atoms with Crippen molar-refractivity contribution in [3.8, 4) is 0 Å². The van der Waals surface area contributed by atoms with Gasteiger partial charge in [-0.3, -0.25) is 4.79 Å². The van der Waals surface area contributed by atoms with Crippen LogP contribution in [0.25, 0.3) is 0 Å². The highest BCUT2D eigenvalue weighted by molar-refractivity contribution is 7.89. The Morgan fingerprint density at radius 1 is 1.23 bits per heavy atom. The van der Waals surface area contributed by atoms with Gasteiger partial charge in [0.1, 0.15) is 6.04 Å². The van der Waals surface area contributed by atoms with E-state index in [-0.39, 0.29) is 22.8 Å². The van der Waals surface area contributed by atoms with Crippen molar-refractivity contribution >= 4 is 27.5 Å². The van der Waals surface area contributed by atoms with Crippen molar-refractivity contribution in [3.63, 3.8) is 0 Å². The average Bonchev–Trinajstić information content (AvgIpc) is 2.60. The number of nitrogens with zero attached hydrogens (tertiary/aromatic N) is 1. The number of likely N-dealkylation sites (tertiary alicyclic amines) is 1. The Bertz CT molecular complexity index is 699. The van der Waals surface area contributed by atoms with Crippen LogP contribution in [0.1, 0.15) is 33.6 Å². The van der Waals surface area contributed by atoms with Crippen LogP contribution in [-0.2, 0) is 14.8 Å². The van der Waals surface area contributed by atoms with E-state index in [1.165, 1.54) is 24.3 Å². The first-order valence-corrected chi connectivity index (χ1v) is 10.9. The number of halogens is 1. The van der Waals surface area contributed by atoms with E-state index in [2.05, 4.69) is 21.9 Å². The summed E-state index contributed by atoms with van der Waals surface area (Å²) in [5.74, 6) is -0.444. The number of benzene rings is 1. The normalized spacial score (nSPS) is 18.0. The molecule has 0 radical (unpaired) electrons. The van der Waals surface area contributed by atoms with E-state index in [9.17, 15) is 13.2 Å². The zero-order valence-electron chi connectivity index (χ0n) is 15.5. The standard InChI is InChI=1S/C18H28ClN3O3S/c1-4-22-11-9-15(10-12-22)20-18(23)17(13(2)3)21-26(24,25)16-7-5-14(19)6-8-16/h5-8,13,15,17,21H,4,9-12H2,1-3H3,(H,20,23). The molecule has 0 spiro atoms. The number of carbonyl (C=O) groups is 1. The summed E-state index contributed by atoms with van der Waals surface area (Å²) in [4.78, 5) is 15.1. The quantitative estimate of drug-likeness (QED) is 0.734. The molecule has 0 bridgehead atoms. The van der Waals surface area contributed by atoms with Crippen molar-refractivity contribution < 1.29 is 13.2 Å². The molecule has 1 atom stereocenters. The van der Waals surface area contributed by atoms with Gasteiger partial charge >= 0.3 is 0 Å². The maximum Gasteiger partial charge on any atom is 0.241 e. The SMILES string of the molecule is CCN1CCC(NC(=O)C(NS(=O)(=O)c2ccc(Cl)cc2)C(C)C)CC1. The smallest absolute Gasteiger partial charge is 0.241 e. The third-order valence-corrected chi connectivity index (χ3v) is 6.45. The molecule has 1 aromatic rings. The summed E-state index contributed by atoms with van der Waals surface area (Å²) < 4.78 is 27.7. The average molecular weight is 402 g/mol. The molecule has 1 heterocycles. The third kappa shape index (κ3) is 5.67. The van der Waals surface area contributed by atoms with E-state index in [1.54, 1.807) is 0 Å². The zero-order chi connectivity index (χ0) is 19.3. The summed E-state index contributed by atoms with van der Waals surface area (Å²) in [7, 11) is -3.80. The molecular weight excluding hydrogens is 374 g/mol. The molecule has 26 heavy (non-hydrogen) atoms. The second kappa shape index (κ2) is 9.17. The number of sulfonamides is 1. The van der Waals surface area contributed by atoms with E-state index < -0.39 is 16.1 Å². The maximum atomic E-state index is 12.7. The van der Waals surface area contributed by atoms with Gasteiger partial charge < -0.3 is 10.2 Å². The first-order chi connectivity index (χ1) is 12.2. The summed E-state index contributed by atoms with van der Waals surface area (Å²) in [6, 6.07) is 5.16. The maximum absolute atomic E-state index is 12.7. The lowest BCUT2D eigenvalue weighted by atomic mass is 10.0. The Morgan fingerprint density at radius 3 is 2.31 bits per heavy atom. The monoisotopic (exact) mass is 401 g/mol. The topological polar surface area (TPSA) is 78.5 Å². The largest absolute Gasteiger partial charge is 0.352 e. The van der Waals surface area contributed by atoms with E-state index in [1.807, 2.05) is 13.8 Å². The molecule has 0 aromatic heterocycles. The molecule has 1 amide bonds. The number of rotatable bonds is 7. The molecule has 8 heteroatoms. The molecule has 1 unspecified atom stereocenters. The lowest BCUT2D eigenvalue weighted by molar-refractivity contribution is -0.124. The fourth-order valence-corrected chi connectivity index (χ4v) is 4.50. The summed E-state index contributed by atoms with van der Waals surface area (Å²) in [6.07, 6.45) is 1.77. The van der Waals surface area contributed by atoms with Gasteiger partial charge in [0.2, 0.25) is 15.9 Å². The van der Waals surface area contributed by atoms with Gasteiger partial charge in [-0.1, -0.05) is 32.4 Å². The van der Waals surface area contributed by atoms with Gasteiger partial charge in [-0.2, -0.15) is 4.72 Å². The number of piperidine rings is 1. The van der Waals surface area contributed by atoms with Crippen LogP contribution in [0.5, 0.6) is 0 Å². The van der Waals surface area contributed by atoms with Crippen molar-refractivity contribution in [2.75, 3.05) is 19.6 Å². The van der Waals surface area contributed by atoms with Crippen LogP contribution in [0.2, 0.25) is 5.02 Å². The molecule has 6 nitrogen and oxygen atoms in total. The number of hydrogen-bond acceptors (Lipinski definition) is 4. The number of hydrogen-bond donors (Lipinski definition) is 2. The fraction of sp³-hybridized carbons (Fsp3) is 0.611. The van der Waals surface area contributed by atoms with Gasteiger partial charge in [0.05, 0.1) is 4.90 Å². The van der Waals surface area contributed by atoms with Crippen LogP contribution < -0.4 is 10.0 Å². The molecule has 1 fully saturated rings. The number of amides is 1. The fourth-order valence-electron chi connectivity index (χ4n) is 3.03. The molecule has 1 aliphatic rings. The molecular formula is C18H28ClN3O3S. The minimum atomic E-state index is -3.80. The van der Waals surface area contributed by atoms with Gasteiger partial charge in [0.15, 0.2) is 0 Å². The predicted molar refractivity (Wildman–Crippen MR) is 104 cm³/mol. The van der Waals surface area contributed by atoms with Crippen LogP contribution in [-0.4, -0.2) is 50.9 Å². The first-order valence-electron chi connectivity index (χ1n) is 9.03. The van der Waals surface area contributed by atoms with Gasteiger partial charge in [-0.25, -0.2) is 8.42 Å². The minimum Gasteiger partial charge on any atom is -0.352 e. The summed E-state index contributed by atoms with van der Waals surface area (Å²) in [5, 5.41) is 3.47. The van der Waals surface area contributed by atoms with Gasteiger partial charge in [-0.05, 0) is 49.6 Å². The lowest BCUT2D eigenvalue weighted by Crippen LogP contribution is -2.53. The lowest BCUT2D eigenvalue weighted by Gasteiger charge is -2.32. The Morgan fingerprint density at radius 2 is 1.81 bits per heavy atom. The molecule has 1 aliphatic heterocycles. The second-order valence-corrected chi connectivity index (χ2v) is 9.16. The van der Waals surface area contributed by atoms with Crippen molar-refractivity contribution in [2.24, 2.45) is 5.92 Å². The Hall–Kier alpha value is -1.15. The molecule has 0 aliphatic carbocycles. The van der Waals surface area contributed by atoms with Crippen LogP contribution in [0, 0.1) is 5.92 Å². The zero-order valence-corrected chi connectivity index (χ0v) is 17.1. The third-order valence-electron chi connectivity index (χ3n) is 4.74. The van der Waals surface area contributed by atoms with Gasteiger partial charge in [0.25, 0.3) is 0 Å². The highest BCUT2D eigenvalue weighted by Gasteiger charge is 2.30. The van der Waals surface area contributed by atoms with Crippen LogP contribution in [0.4, 0.5) is 0 Å². The second-order valence-electron chi connectivity index (χ2n) is 7.01. The molecule has 1 saturated heterocycles. The highest BCUT2D eigenvalue weighted by Crippen LogP contribution is 2.16. The molecule has 0 saturated carbocycles. The molecule has 2 rings (SSSR count). The summed E-state index contributed by atoms with van der Waals surface area (Å²) >= 11 is 5.81. The van der Waals surface area contributed by atoms with E-state index in [0.29, 0.717) is 5.02 Å². The van der Waals surface area contributed by atoms with Crippen molar-refractivity contribution in [1.29, 1.82) is 0 Å². The minimum absolute atomic E-state index is 0.0894. The van der Waals surface area contributed by atoms with Crippen LogP contribution in [0.15, 0.2) is 29.2 Å². The number of nitrogens with one attached hydrogen (secondary N) is 2. The summed E-state index contributed by atoms with van der Waals surface area (Å²) in [5.41, 5.74) is 0. The molecule has 1 aromatic carbocycles. The predicted octanol–water partition coefficient (Wildman–Crippen LogP) is 2.24. The van der Waals surface area contributed by atoms with Crippen LogP contribution in [0.3, 0.4) is 0 Å². The van der Waals surface area contributed by atoms with Gasteiger partial charge in [-0.15, -0.1) is 0 Å². The van der Waals surface area contributed by atoms with Gasteiger partial charge in [0, 0.05) is 24.2 Å².